The fourth-order valence-corrected chi connectivity index (χ4v) is 3.98. The number of amides is 2. The smallest absolute Gasteiger partial charge is 0.314 e. The minimum atomic E-state index is -0.420. The van der Waals surface area contributed by atoms with Crippen molar-refractivity contribution in [2.75, 3.05) is 36.8 Å². The van der Waals surface area contributed by atoms with Crippen LogP contribution >= 0.6 is 11.3 Å². The normalized spacial score (nSPS) is 14.5. The second-order valence-corrected chi connectivity index (χ2v) is 7.70. The van der Waals surface area contributed by atoms with E-state index in [1.807, 2.05) is 24.3 Å². The molecule has 6 nitrogen and oxygen atoms in total. The maximum Gasteiger partial charge on any atom is 0.323 e. The minimum absolute atomic E-state index is 0.396. The molecule has 1 aliphatic rings. The maximum absolute atomic E-state index is 13.2. The Morgan fingerprint density at radius 1 is 1.10 bits per heavy atom. The molecule has 2 aromatic carbocycles. The van der Waals surface area contributed by atoms with Crippen molar-refractivity contribution >= 4 is 28.7 Å². The maximum atomic E-state index is 13.2. The molecule has 1 saturated heterocycles. The molecule has 3 N–H and O–H groups in total. The Labute approximate surface area is 172 Å². The van der Waals surface area contributed by atoms with Gasteiger partial charge in [-0.2, -0.15) is 0 Å². The highest BCUT2D eigenvalue weighted by Gasteiger charge is 2.12. The number of benzene rings is 2. The second-order valence-electron chi connectivity index (χ2n) is 6.84. The number of hydrogen-bond donors (Lipinski definition) is 3. The largest absolute Gasteiger partial charge is 0.323 e. The van der Waals surface area contributed by atoms with Gasteiger partial charge in [-0.15, -0.1) is 11.3 Å². The highest BCUT2D eigenvalue weighted by molar-refractivity contribution is 7.13. The average molecular weight is 412 g/mol. The van der Waals surface area contributed by atoms with Gasteiger partial charge in [-0.25, -0.2) is 14.2 Å². The predicted molar refractivity (Wildman–Crippen MR) is 115 cm³/mol. The highest BCUT2D eigenvalue weighted by Crippen LogP contribution is 2.26. The first kappa shape index (κ1) is 19.5. The number of carbonyl (C=O) groups is 1. The lowest BCUT2D eigenvalue weighted by atomic mass is 10.2. The van der Waals surface area contributed by atoms with Crippen LogP contribution in [-0.2, 0) is 6.54 Å². The van der Waals surface area contributed by atoms with Crippen LogP contribution in [0.25, 0.3) is 10.6 Å². The summed E-state index contributed by atoms with van der Waals surface area (Å²) in [5.41, 5.74) is 3.15. The van der Waals surface area contributed by atoms with Crippen molar-refractivity contribution in [3.8, 4) is 10.6 Å². The number of nitrogens with one attached hydrogen (secondary N) is 3. The summed E-state index contributed by atoms with van der Waals surface area (Å²) in [5.74, 6) is -0.396. The third-order valence-corrected chi connectivity index (χ3v) is 5.56. The number of aromatic nitrogens is 1. The first-order valence-corrected chi connectivity index (χ1v) is 10.4. The molecular weight excluding hydrogens is 389 g/mol. The van der Waals surface area contributed by atoms with E-state index >= 15 is 0 Å². The van der Waals surface area contributed by atoms with Crippen LogP contribution in [0.4, 0.5) is 20.6 Å². The van der Waals surface area contributed by atoms with E-state index in [1.165, 1.54) is 12.1 Å². The van der Waals surface area contributed by atoms with Gasteiger partial charge in [0.05, 0.1) is 5.69 Å². The number of thiazole rings is 1. The number of carbonyl (C=O) groups excluding carboxylic acids is 1. The topological polar surface area (TPSA) is 69.3 Å². The van der Waals surface area contributed by atoms with Gasteiger partial charge in [-0.05, 0) is 42.5 Å². The molecule has 0 unspecified atom stereocenters. The standard InChI is InChI=1S/C21H22FN5OS/c22-16-2-1-3-18(12-16)26-21(28)25-17-6-4-15(5-7-17)20-24-19(14-29-20)13-27-10-8-23-9-11-27/h1-7,12,14,23H,8-11,13H2,(H2,25,26,28). The van der Waals surface area contributed by atoms with Gasteiger partial charge >= 0.3 is 6.03 Å². The molecule has 8 heteroatoms. The molecule has 150 valence electrons. The zero-order chi connectivity index (χ0) is 20.1. The number of piperazine rings is 1. The van der Waals surface area contributed by atoms with Crippen molar-refractivity contribution in [2.45, 2.75) is 6.54 Å². The summed E-state index contributed by atoms with van der Waals surface area (Å²) in [6, 6.07) is 12.9. The zero-order valence-electron chi connectivity index (χ0n) is 15.8. The summed E-state index contributed by atoms with van der Waals surface area (Å²) in [4.78, 5) is 19.2. The number of urea groups is 1. The molecular formula is C21H22FN5OS. The Morgan fingerprint density at radius 2 is 1.86 bits per heavy atom. The van der Waals surface area contributed by atoms with E-state index < -0.39 is 11.8 Å². The van der Waals surface area contributed by atoms with Crippen LogP contribution in [-0.4, -0.2) is 42.1 Å². The van der Waals surface area contributed by atoms with Crippen molar-refractivity contribution in [3.63, 3.8) is 0 Å². The third-order valence-electron chi connectivity index (χ3n) is 4.62. The van der Waals surface area contributed by atoms with Gasteiger partial charge < -0.3 is 16.0 Å². The number of rotatable bonds is 5. The van der Waals surface area contributed by atoms with Gasteiger partial charge in [0, 0.05) is 55.0 Å². The molecule has 2 amide bonds. The number of nitrogens with zero attached hydrogens (tertiary/aromatic N) is 2. The Kier molecular flexibility index (Phi) is 6.14. The van der Waals surface area contributed by atoms with Crippen molar-refractivity contribution < 1.29 is 9.18 Å². The Balaban J connectivity index is 1.34. The lowest BCUT2D eigenvalue weighted by Crippen LogP contribution is -2.42. The van der Waals surface area contributed by atoms with E-state index in [1.54, 1.807) is 23.5 Å². The first-order chi connectivity index (χ1) is 14.2. The van der Waals surface area contributed by atoms with E-state index in [0.717, 1.165) is 49.0 Å². The van der Waals surface area contributed by atoms with Gasteiger partial charge in [-0.3, -0.25) is 4.90 Å². The summed E-state index contributed by atoms with van der Waals surface area (Å²) >= 11 is 1.63. The van der Waals surface area contributed by atoms with Gasteiger partial charge in [-0.1, -0.05) is 6.07 Å². The molecule has 3 aromatic rings. The molecule has 0 atom stereocenters. The fourth-order valence-electron chi connectivity index (χ4n) is 3.17. The molecule has 0 saturated carbocycles. The van der Waals surface area contributed by atoms with Crippen LogP contribution in [0.3, 0.4) is 0 Å². The van der Waals surface area contributed by atoms with Crippen molar-refractivity contribution in [1.29, 1.82) is 0 Å². The molecule has 0 radical (unpaired) electrons. The van der Waals surface area contributed by atoms with Gasteiger partial charge in [0.1, 0.15) is 10.8 Å². The Hall–Kier alpha value is -2.81. The van der Waals surface area contributed by atoms with Crippen LogP contribution < -0.4 is 16.0 Å². The van der Waals surface area contributed by atoms with E-state index in [-0.39, 0.29) is 0 Å². The summed E-state index contributed by atoms with van der Waals surface area (Å²) in [7, 11) is 0. The molecule has 0 aliphatic carbocycles. The van der Waals surface area contributed by atoms with E-state index in [4.69, 9.17) is 4.98 Å². The SMILES string of the molecule is O=C(Nc1ccc(-c2nc(CN3CCNCC3)cs2)cc1)Nc1cccc(F)c1. The molecule has 4 rings (SSSR count). The van der Waals surface area contributed by atoms with Crippen molar-refractivity contribution in [2.24, 2.45) is 0 Å². The molecule has 0 bridgehead atoms. The minimum Gasteiger partial charge on any atom is -0.314 e. The van der Waals surface area contributed by atoms with Crippen LogP contribution in [0.5, 0.6) is 0 Å². The van der Waals surface area contributed by atoms with Crippen LogP contribution in [0, 0.1) is 5.82 Å². The van der Waals surface area contributed by atoms with Crippen molar-refractivity contribution in [3.05, 3.63) is 65.4 Å². The summed E-state index contributed by atoms with van der Waals surface area (Å²) < 4.78 is 13.2. The number of anilines is 2. The van der Waals surface area contributed by atoms with Crippen LogP contribution in [0.1, 0.15) is 5.69 Å². The van der Waals surface area contributed by atoms with Gasteiger partial charge in [0.15, 0.2) is 0 Å². The summed E-state index contributed by atoms with van der Waals surface area (Å²) in [6.45, 7) is 5.02. The van der Waals surface area contributed by atoms with Crippen molar-refractivity contribution in [1.82, 2.24) is 15.2 Å². The van der Waals surface area contributed by atoms with E-state index in [2.05, 4.69) is 26.2 Å². The highest BCUT2D eigenvalue weighted by atomic mass is 32.1. The van der Waals surface area contributed by atoms with Gasteiger partial charge in [0.25, 0.3) is 0 Å². The second kappa shape index (κ2) is 9.13. The van der Waals surface area contributed by atoms with Crippen LogP contribution in [0.2, 0.25) is 0 Å². The molecule has 1 aliphatic heterocycles. The quantitative estimate of drug-likeness (QED) is 0.594. The molecule has 2 heterocycles. The zero-order valence-corrected chi connectivity index (χ0v) is 16.6. The van der Waals surface area contributed by atoms with Crippen LogP contribution in [0.15, 0.2) is 53.9 Å². The third kappa shape index (κ3) is 5.38. The van der Waals surface area contributed by atoms with E-state index in [0.29, 0.717) is 11.4 Å². The number of halogens is 1. The molecule has 29 heavy (non-hydrogen) atoms. The fraction of sp³-hybridized carbons (Fsp3) is 0.238. The Bertz CT molecular complexity index is 969. The predicted octanol–water partition coefficient (Wildman–Crippen LogP) is 4.00. The Morgan fingerprint density at radius 3 is 2.62 bits per heavy atom. The molecule has 1 fully saturated rings. The van der Waals surface area contributed by atoms with E-state index in [9.17, 15) is 9.18 Å². The summed E-state index contributed by atoms with van der Waals surface area (Å²) in [6.07, 6.45) is 0. The van der Waals surface area contributed by atoms with Gasteiger partial charge in [0.2, 0.25) is 0 Å². The average Bonchev–Trinajstić information content (AvgIpc) is 3.18. The summed E-state index contributed by atoms with van der Waals surface area (Å²) in [5, 5.41) is 11.8. The first-order valence-electron chi connectivity index (χ1n) is 9.47. The molecule has 0 spiro atoms. The molecule has 1 aromatic heterocycles. The lowest BCUT2D eigenvalue weighted by molar-refractivity contribution is 0.231. The monoisotopic (exact) mass is 411 g/mol. The number of hydrogen-bond acceptors (Lipinski definition) is 5. The lowest BCUT2D eigenvalue weighted by Gasteiger charge is -2.26.